The molecule has 1 aromatic carbocycles. The molecular weight excluding hydrogens is 269 g/mol. The van der Waals surface area contributed by atoms with E-state index in [1.165, 1.54) is 12.1 Å². The molecule has 2 atom stereocenters. The van der Waals surface area contributed by atoms with Gasteiger partial charge in [-0.05, 0) is 36.7 Å². The van der Waals surface area contributed by atoms with Crippen molar-refractivity contribution >= 4 is 11.6 Å². The number of rotatable bonds is 5. The summed E-state index contributed by atoms with van der Waals surface area (Å²) >= 11 is 6.11. The van der Waals surface area contributed by atoms with E-state index in [4.69, 9.17) is 21.1 Å². The third-order valence-corrected chi connectivity index (χ3v) is 3.57. The maximum absolute atomic E-state index is 13.3. The van der Waals surface area contributed by atoms with E-state index in [9.17, 15) is 4.39 Å². The Hall–Kier alpha value is -0.680. The molecule has 19 heavy (non-hydrogen) atoms. The fourth-order valence-electron chi connectivity index (χ4n) is 2.27. The van der Waals surface area contributed by atoms with Crippen molar-refractivity contribution in [3.05, 3.63) is 34.6 Å². The predicted octanol–water partition coefficient (Wildman–Crippen LogP) is 2.42. The van der Waals surface area contributed by atoms with Gasteiger partial charge in [-0.25, -0.2) is 4.39 Å². The van der Waals surface area contributed by atoms with Crippen LogP contribution in [0.3, 0.4) is 0 Å². The molecule has 0 aliphatic carbocycles. The number of benzene rings is 1. The molecule has 0 spiro atoms. The summed E-state index contributed by atoms with van der Waals surface area (Å²) < 4.78 is 24.4. The maximum Gasteiger partial charge on any atom is 0.123 e. The van der Waals surface area contributed by atoms with Gasteiger partial charge in [0.2, 0.25) is 0 Å². The molecule has 1 aliphatic heterocycles. The van der Waals surface area contributed by atoms with E-state index in [0.717, 1.165) is 12.1 Å². The van der Waals surface area contributed by atoms with Gasteiger partial charge in [0.25, 0.3) is 0 Å². The summed E-state index contributed by atoms with van der Waals surface area (Å²) in [7, 11) is 0. The second-order valence-corrected chi connectivity index (χ2v) is 5.00. The Morgan fingerprint density at radius 2 is 2.32 bits per heavy atom. The summed E-state index contributed by atoms with van der Waals surface area (Å²) in [6.45, 7) is 4.64. The highest BCUT2D eigenvalue weighted by Gasteiger charge is 2.25. The molecule has 0 bridgehead atoms. The fraction of sp³-hybridized carbons (Fsp3) is 0.571. The molecule has 1 aliphatic rings. The fourth-order valence-corrected chi connectivity index (χ4v) is 2.47. The minimum Gasteiger partial charge on any atom is -0.376 e. The predicted molar refractivity (Wildman–Crippen MR) is 73.1 cm³/mol. The Morgan fingerprint density at radius 1 is 1.47 bits per heavy atom. The average molecular weight is 288 g/mol. The van der Waals surface area contributed by atoms with Crippen LogP contribution in [-0.2, 0) is 15.9 Å². The average Bonchev–Trinajstić information content (AvgIpc) is 2.43. The zero-order chi connectivity index (χ0) is 13.7. The van der Waals surface area contributed by atoms with Gasteiger partial charge in [0.15, 0.2) is 0 Å². The van der Waals surface area contributed by atoms with Crippen LogP contribution in [0.2, 0.25) is 5.02 Å². The molecule has 0 aromatic heterocycles. The summed E-state index contributed by atoms with van der Waals surface area (Å²) in [5.74, 6) is -0.268. The third-order valence-electron chi connectivity index (χ3n) is 3.20. The van der Waals surface area contributed by atoms with Crippen LogP contribution in [0.5, 0.6) is 0 Å². The molecule has 1 fully saturated rings. The summed E-state index contributed by atoms with van der Waals surface area (Å²) in [6.07, 6.45) is 0.603. The first-order valence-corrected chi connectivity index (χ1v) is 6.95. The number of likely N-dealkylation sites (N-methyl/N-ethyl adjacent to an activating group) is 1. The van der Waals surface area contributed by atoms with Crippen molar-refractivity contribution in [2.45, 2.75) is 25.5 Å². The van der Waals surface area contributed by atoms with Gasteiger partial charge in [-0.1, -0.05) is 18.5 Å². The number of ether oxygens (including phenoxy) is 2. The lowest BCUT2D eigenvalue weighted by molar-refractivity contribution is -0.101. The lowest BCUT2D eigenvalue weighted by atomic mass is 10.0. The molecule has 1 saturated heterocycles. The number of nitrogens with one attached hydrogen (secondary N) is 1. The molecule has 0 radical (unpaired) electrons. The standard InChI is InChI=1S/C14H19ClFNO2/c1-2-17-13(14-9-18-5-6-19-14)8-10-7-11(16)3-4-12(10)15/h3-4,7,13-14,17H,2,5-6,8-9H2,1H3. The molecule has 2 rings (SSSR count). The largest absolute Gasteiger partial charge is 0.376 e. The van der Waals surface area contributed by atoms with Gasteiger partial charge in [-0.2, -0.15) is 0 Å². The molecule has 5 heteroatoms. The van der Waals surface area contributed by atoms with Crippen molar-refractivity contribution in [1.29, 1.82) is 0 Å². The minimum absolute atomic E-state index is 0.0203. The van der Waals surface area contributed by atoms with Gasteiger partial charge in [0.05, 0.1) is 25.9 Å². The van der Waals surface area contributed by atoms with Crippen LogP contribution in [0, 0.1) is 5.82 Å². The van der Waals surface area contributed by atoms with Crippen LogP contribution in [0.15, 0.2) is 18.2 Å². The van der Waals surface area contributed by atoms with Gasteiger partial charge in [-0.15, -0.1) is 0 Å². The SMILES string of the molecule is CCNC(Cc1cc(F)ccc1Cl)C1COCCO1. The lowest BCUT2D eigenvalue weighted by Crippen LogP contribution is -2.47. The van der Waals surface area contributed by atoms with E-state index >= 15 is 0 Å². The molecule has 0 saturated carbocycles. The van der Waals surface area contributed by atoms with E-state index in [-0.39, 0.29) is 18.0 Å². The van der Waals surface area contributed by atoms with Gasteiger partial charge in [-0.3, -0.25) is 0 Å². The highest BCUT2D eigenvalue weighted by molar-refractivity contribution is 6.31. The Balaban J connectivity index is 2.08. The van der Waals surface area contributed by atoms with Gasteiger partial charge >= 0.3 is 0 Å². The van der Waals surface area contributed by atoms with Crippen molar-refractivity contribution in [3.8, 4) is 0 Å². The first-order valence-electron chi connectivity index (χ1n) is 6.57. The van der Waals surface area contributed by atoms with Crippen LogP contribution in [0.25, 0.3) is 0 Å². The first kappa shape index (κ1) is 14.7. The molecule has 3 nitrogen and oxygen atoms in total. The zero-order valence-corrected chi connectivity index (χ0v) is 11.8. The van der Waals surface area contributed by atoms with Crippen molar-refractivity contribution in [2.24, 2.45) is 0 Å². The molecule has 0 amide bonds. The highest BCUT2D eigenvalue weighted by Crippen LogP contribution is 2.20. The van der Waals surface area contributed by atoms with Gasteiger partial charge < -0.3 is 14.8 Å². The van der Waals surface area contributed by atoms with E-state index in [1.807, 2.05) is 6.92 Å². The highest BCUT2D eigenvalue weighted by atomic mass is 35.5. The van der Waals surface area contributed by atoms with Crippen LogP contribution < -0.4 is 5.32 Å². The normalized spacial score (nSPS) is 21.3. The molecule has 1 aromatic rings. The lowest BCUT2D eigenvalue weighted by Gasteiger charge is -2.31. The van der Waals surface area contributed by atoms with Crippen LogP contribution in [-0.4, -0.2) is 38.5 Å². The monoisotopic (exact) mass is 287 g/mol. The minimum atomic E-state index is -0.268. The van der Waals surface area contributed by atoms with E-state index in [1.54, 1.807) is 6.07 Å². The summed E-state index contributed by atoms with van der Waals surface area (Å²) in [5, 5.41) is 3.95. The van der Waals surface area contributed by atoms with Gasteiger partial charge in [0.1, 0.15) is 5.82 Å². The quantitative estimate of drug-likeness (QED) is 0.902. The molecule has 1 N–H and O–H groups in total. The summed E-state index contributed by atoms with van der Waals surface area (Å²) in [6, 6.07) is 4.52. The molecule has 106 valence electrons. The Kier molecular flexibility index (Phi) is 5.58. The number of hydrogen-bond donors (Lipinski definition) is 1. The van der Waals surface area contributed by atoms with Crippen LogP contribution in [0.4, 0.5) is 4.39 Å². The smallest absolute Gasteiger partial charge is 0.123 e. The zero-order valence-electron chi connectivity index (χ0n) is 11.0. The first-order chi connectivity index (χ1) is 9.20. The molecular formula is C14H19ClFNO2. The molecule has 2 unspecified atom stereocenters. The Labute approximate surface area is 118 Å². The number of halogens is 2. The summed E-state index contributed by atoms with van der Waals surface area (Å²) in [4.78, 5) is 0. The third kappa shape index (κ3) is 4.14. The maximum atomic E-state index is 13.3. The Bertz CT molecular complexity index is 410. The molecule has 1 heterocycles. The van der Waals surface area contributed by atoms with Crippen molar-refractivity contribution < 1.29 is 13.9 Å². The van der Waals surface area contributed by atoms with E-state index < -0.39 is 0 Å². The topological polar surface area (TPSA) is 30.5 Å². The number of hydrogen-bond acceptors (Lipinski definition) is 3. The van der Waals surface area contributed by atoms with Gasteiger partial charge in [0, 0.05) is 11.1 Å². The second kappa shape index (κ2) is 7.20. The second-order valence-electron chi connectivity index (χ2n) is 4.59. The van der Waals surface area contributed by atoms with Crippen LogP contribution >= 0.6 is 11.6 Å². The Morgan fingerprint density at radius 3 is 3.00 bits per heavy atom. The van der Waals surface area contributed by atoms with Crippen molar-refractivity contribution in [1.82, 2.24) is 5.32 Å². The van der Waals surface area contributed by atoms with Crippen molar-refractivity contribution in [3.63, 3.8) is 0 Å². The van der Waals surface area contributed by atoms with E-state index in [2.05, 4.69) is 5.32 Å². The van der Waals surface area contributed by atoms with Crippen LogP contribution in [0.1, 0.15) is 12.5 Å². The van der Waals surface area contributed by atoms with E-state index in [0.29, 0.717) is 31.3 Å². The van der Waals surface area contributed by atoms with Crippen molar-refractivity contribution in [2.75, 3.05) is 26.4 Å². The summed E-state index contributed by atoms with van der Waals surface area (Å²) in [5.41, 5.74) is 0.793.